The molecule has 0 spiro atoms. The first-order valence-electron chi connectivity index (χ1n) is 21.9. The Morgan fingerprint density at radius 3 is 1.66 bits per heavy atom. The topological polar surface area (TPSA) is 0 Å². The maximum Gasteiger partial charge on any atom is -0.00107 e. The molecule has 296 valence electrons. The van der Waals surface area contributed by atoms with E-state index < -0.39 is 0 Å². The summed E-state index contributed by atoms with van der Waals surface area (Å²) in [5.74, 6) is 0. The van der Waals surface area contributed by atoms with Crippen LogP contribution in [0.3, 0.4) is 0 Å². The Kier molecular flexibility index (Phi) is 11.2. The van der Waals surface area contributed by atoms with Crippen molar-refractivity contribution in [2.75, 3.05) is 0 Å². The molecular weight excluding hydrogens is 745 g/mol. The van der Waals surface area contributed by atoms with Crippen LogP contribution >= 0.6 is 0 Å². The quantitative estimate of drug-likeness (QED) is 0.129. The zero-order valence-electron chi connectivity index (χ0n) is 34.9. The third-order valence-corrected chi connectivity index (χ3v) is 12.4. The molecule has 0 heterocycles. The van der Waals surface area contributed by atoms with Gasteiger partial charge in [-0.05, 0) is 138 Å². The monoisotopic (exact) mass is 792 g/mol. The molecule has 0 aliphatic heterocycles. The van der Waals surface area contributed by atoms with Gasteiger partial charge in [0.2, 0.25) is 0 Å². The Hall–Kier alpha value is -7.54. The van der Waals surface area contributed by atoms with Gasteiger partial charge in [0.15, 0.2) is 0 Å². The number of benzene rings is 8. The highest BCUT2D eigenvalue weighted by atomic mass is 14.2. The van der Waals surface area contributed by atoms with Crippen LogP contribution < -0.4 is 0 Å². The summed E-state index contributed by atoms with van der Waals surface area (Å²) < 4.78 is 0. The van der Waals surface area contributed by atoms with Crippen LogP contribution in [-0.4, -0.2) is 0 Å². The molecule has 8 aromatic carbocycles. The fraction of sp³-hybridized carbons (Fsp3) is 0.0645. The van der Waals surface area contributed by atoms with Gasteiger partial charge in [-0.3, -0.25) is 0 Å². The minimum absolute atomic E-state index is 0.813. The van der Waals surface area contributed by atoms with Gasteiger partial charge in [0.05, 0.1) is 0 Å². The van der Waals surface area contributed by atoms with E-state index in [4.69, 9.17) is 0 Å². The second-order valence-electron chi connectivity index (χ2n) is 16.3. The molecule has 10 rings (SSSR count). The summed E-state index contributed by atoms with van der Waals surface area (Å²) in [7, 11) is 0. The SMILES string of the molecule is C1=CC/C(=C(/Cc2ccccc2/C(=C2/C=CC=CC2)c2ccc3cc(-c4ccccc4)ccc3c2)c2ccccc2Cc2ccc(-c3ccccc3)c(-c3ccccc3)c2)C=C1. The molecule has 62 heavy (non-hydrogen) atoms. The molecule has 0 amide bonds. The molecule has 2 aliphatic rings. The maximum absolute atomic E-state index is 2.41. The van der Waals surface area contributed by atoms with E-state index in [1.165, 1.54) is 99.8 Å². The summed E-state index contributed by atoms with van der Waals surface area (Å²) in [5, 5.41) is 2.49. The largest absolute Gasteiger partial charge is 0.0801 e. The van der Waals surface area contributed by atoms with Gasteiger partial charge in [-0.1, -0.05) is 231 Å². The maximum atomic E-state index is 2.41. The standard InChI is InChI=1S/C62H48/c1-6-20-46(21-7-1)51-35-36-53-43-56(38-37-52(53)42-51)62(50-28-14-5-15-29-50)59-33-19-17-31-55(59)44-61(49-26-12-4-13-27-49)57-32-18-16-30-54(57)40-45-34-39-58(47-22-8-2-9-23-47)60(41-45)48-24-10-3-11-25-48/h1-26,28,30-39,41-43H,27,29,40,44H2/b61-49-,62-50-. The van der Waals surface area contributed by atoms with Crippen molar-refractivity contribution in [3.8, 4) is 33.4 Å². The lowest BCUT2D eigenvalue weighted by Gasteiger charge is -2.22. The summed E-state index contributed by atoms with van der Waals surface area (Å²) in [4.78, 5) is 0. The lowest BCUT2D eigenvalue weighted by molar-refractivity contribution is 1.14. The smallest absolute Gasteiger partial charge is 0.00107 e. The van der Waals surface area contributed by atoms with Crippen LogP contribution in [0.15, 0.2) is 254 Å². The van der Waals surface area contributed by atoms with Crippen molar-refractivity contribution >= 4 is 21.9 Å². The van der Waals surface area contributed by atoms with Crippen molar-refractivity contribution in [2.24, 2.45) is 0 Å². The first kappa shape index (κ1) is 38.6. The summed E-state index contributed by atoms with van der Waals surface area (Å²) >= 11 is 0. The molecular formula is C62H48. The number of hydrogen-bond acceptors (Lipinski definition) is 0. The minimum Gasteiger partial charge on any atom is -0.0801 e. The van der Waals surface area contributed by atoms with E-state index >= 15 is 0 Å². The Labute approximate surface area is 366 Å². The Morgan fingerprint density at radius 1 is 0.387 bits per heavy atom. The van der Waals surface area contributed by atoms with Gasteiger partial charge in [0.1, 0.15) is 0 Å². The molecule has 0 radical (unpaired) electrons. The molecule has 0 fully saturated rings. The second kappa shape index (κ2) is 18.0. The van der Waals surface area contributed by atoms with Gasteiger partial charge in [-0.15, -0.1) is 0 Å². The van der Waals surface area contributed by atoms with E-state index in [-0.39, 0.29) is 0 Å². The first-order valence-corrected chi connectivity index (χ1v) is 21.9. The molecule has 2 aliphatic carbocycles. The molecule has 0 nitrogen and oxygen atoms in total. The van der Waals surface area contributed by atoms with Crippen LogP contribution in [0.2, 0.25) is 0 Å². The summed E-state index contributed by atoms with van der Waals surface area (Å²) in [6, 6.07) is 71.4. The lowest BCUT2D eigenvalue weighted by atomic mass is 9.82. The third kappa shape index (κ3) is 8.29. The van der Waals surface area contributed by atoms with E-state index in [1.54, 1.807) is 0 Å². The Balaban J connectivity index is 1.05. The second-order valence-corrected chi connectivity index (χ2v) is 16.3. The summed E-state index contributed by atoms with van der Waals surface area (Å²) in [6.07, 6.45) is 21.4. The van der Waals surface area contributed by atoms with Crippen LogP contribution in [0.4, 0.5) is 0 Å². The average molecular weight is 793 g/mol. The van der Waals surface area contributed by atoms with Crippen LogP contribution in [0, 0.1) is 0 Å². The van der Waals surface area contributed by atoms with Gasteiger partial charge in [0.25, 0.3) is 0 Å². The van der Waals surface area contributed by atoms with Crippen molar-refractivity contribution in [3.05, 3.63) is 287 Å². The number of allylic oxidation sites excluding steroid dienone is 11. The number of hydrogen-bond donors (Lipinski definition) is 0. The Bertz CT molecular complexity index is 3080. The molecule has 0 saturated heterocycles. The predicted molar refractivity (Wildman–Crippen MR) is 265 cm³/mol. The van der Waals surface area contributed by atoms with Crippen LogP contribution in [0.1, 0.15) is 46.2 Å². The highest BCUT2D eigenvalue weighted by molar-refractivity contribution is 5.94. The lowest BCUT2D eigenvalue weighted by Crippen LogP contribution is -2.05. The van der Waals surface area contributed by atoms with Crippen molar-refractivity contribution in [2.45, 2.75) is 25.7 Å². The van der Waals surface area contributed by atoms with Crippen molar-refractivity contribution < 1.29 is 0 Å². The average Bonchev–Trinajstić information content (AvgIpc) is 3.35. The predicted octanol–water partition coefficient (Wildman–Crippen LogP) is 16.3. The number of rotatable bonds is 10. The molecule has 0 atom stereocenters. The van der Waals surface area contributed by atoms with E-state index in [2.05, 4.69) is 243 Å². The molecule has 0 heteroatoms. The van der Waals surface area contributed by atoms with E-state index in [1.807, 2.05) is 0 Å². The first-order chi connectivity index (χ1) is 30.7. The summed E-state index contributed by atoms with van der Waals surface area (Å²) in [6.45, 7) is 0. The number of fused-ring (bicyclic) bond motifs is 1. The normalized spacial score (nSPS) is 14.9. The van der Waals surface area contributed by atoms with E-state index in [0.29, 0.717) is 0 Å². The van der Waals surface area contributed by atoms with Crippen molar-refractivity contribution in [3.63, 3.8) is 0 Å². The molecule has 0 saturated carbocycles. The van der Waals surface area contributed by atoms with Crippen molar-refractivity contribution in [1.29, 1.82) is 0 Å². The van der Waals surface area contributed by atoms with Crippen LogP contribution in [-0.2, 0) is 12.8 Å². The summed E-state index contributed by atoms with van der Waals surface area (Å²) in [5.41, 5.74) is 20.7. The van der Waals surface area contributed by atoms with Gasteiger partial charge >= 0.3 is 0 Å². The van der Waals surface area contributed by atoms with Gasteiger partial charge in [0, 0.05) is 0 Å². The van der Waals surface area contributed by atoms with E-state index in [0.717, 1.165) is 25.7 Å². The Morgan fingerprint density at radius 2 is 0.968 bits per heavy atom. The molecule has 0 N–H and O–H groups in total. The zero-order chi connectivity index (χ0) is 41.5. The van der Waals surface area contributed by atoms with Gasteiger partial charge in [-0.2, -0.15) is 0 Å². The minimum atomic E-state index is 0.813. The highest BCUT2D eigenvalue weighted by Crippen LogP contribution is 2.39. The highest BCUT2D eigenvalue weighted by Gasteiger charge is 2.20. The zero-order valence-corrected chi connectivity index (χ0v) is 34.9. The van der Waals surface area contributed by atoms with E-state index in [9.17, 15) is 0 Å². The molecule has 8 aromatic rings. The fourth-order valence-corrected chi connectivity index (χ4v) is 9.27. The fourth-order valence-electron chi connectivity index (χ4n) is 9.27. The van der Waals surface area contributed by atoms with Gasteiger partial charge in [-0.25, -0.2) is 0 Å². The van der Waals surface area contributed by atoms with Crippen molar-refractivity contribution in [1.82, 2.24) is 0 Å². The third-order valence-electron chi connectivity index (χ3n) is 12.4. The molecule has 0 unspecified atom stereocenters. The van der Waals surface area contributed by atoms with Crippen LogP contribution in [0.25, 0.3) is 55.3 Å². The molecule has 0 aromatic heterocycles. The van der Waals surface area contributed by atoms with Crippen LogP contribution in [0.5, 0.6) is 0 Å². The van der Waals surface area contributed by atoms with Gasteiger partial charge < -0.3 is 0 Å². The molecule has 0 bridgehead atoms.